The number of carbonyl (C=O) groups is 1. The van der Waals surface area contributed by atoms with Crippen LogP contribution in [0.25, 0.3) is 10.2 Å². The van der Waals surface area contributed by atoms with E-state index in [0.717, 1.165) is 39.5 Å². The zero-order valence-corrected chi connectivity index (χ0v) is 14.5. The predicted molar refractivity (Wildman–Crippen MR) is 95.1 cm³/mol. The fourth-order valence-electron chi connectivity index (χ4n) is 2.16. The number of para-hydroxylation sites is 1. The normalized spacial score (nSPS) is 11.0. The number of benzene rings is 1. The van der Waals surface area contributed by atoms with Crippen molar-refractivity contribution in [3.63, 3.8) is 0 Å². The smallest absolute Gasteiger partial charge is 0.226 e. The highest BCUT2D eigenvalue weighted by Gasteiger charge is 2.10. The van der Waals surface area contributed by atoms with E-state index < -0.39 is 0 Å². The summed E-state index contributed by atoms with van der Waals surface area (Å²) < 4.78 is 1.16. The van der Waals surface area contributed by atoms with Gasteiger partial charge in [0.15, 0.2) is 0 Å². The number of nitrogens with one attached hydrogen (secondary N) is 1. The van der Waals surface area contributed by atoms with E-state index in [0.29, 0.717) is 18.0 Å². The Morgan fingerprint density at radius 1 is 1.13 bits per heavy atom. The van der Waals surface area contributed by atoms with Crippen LogP contribution in [0.5, 0.6) is 0 Å². The summed E-state index contributed by atoms with van der Waals surface area (Å²) in [6.45, 7) is 2.14. The number of amides is 1. The SMILES string of the molecule is CCCCc1nnc(NC(=O)CCc2nc3ccccc3s2)s1. The highest BCUT2D eigenvalue weighted by Crippen LogP contribution is 2.23. The van der Waals surface area contributed by atoms with E-state index in [2.05, 4.69) is 33.5 Å². The first kappa shape index (κ1) is 16.0. The molecule has 1 N–H and O–H groups in total. The van der Waals surface area contributed by atoms with Gasteiger partial charge in [-0.05, 0) is 18.6 Å². The second-order valence-electron chi connectivity index (χ2n) is 5.23. The average molecular weight is 346 g/mol. The second-order valence-corrected chi connectivity index (χ2v) is 7.41. The Labute approximate surface area is 142 Å². The van der Waals surface area contributed by atoms with Crippen LogP contribution in [-0.2, 0) is 17.6 Å². The van der Waals surface area contributed by atoms with Gasteiger partial charge in [0.1, 0.15) is 5.01 Å². The van der Waals surface area contributed by atoms with Crippen molar-refractivity contribution in [2.45, 2.75) is 39.0 Å². The highest BCUT2D eigenvalue weighted by molar-refractivity contribution is 7.18. The Bertz CT molecular complexity index is 763. The maximum absolute atomic E-state index is 12.0. The number of fused-ring (bicyclic) bond motifs is 1. The fraction of sp³-hybridized carbons (Fsp3) is 0.375. The molecule has 0 bridgehead atoms. The van der Waals surface area contributed by atoms with Crippen LogP contribution < -0.4 is 5.32 Å². The average Bonchev–Trinajstić information content (AvgIpc) is 3.17. The standard InChI is InChI=1S/C16H18N4OS2/c1-2-3-8-15-19-20-16(23-15)18-13(21)9-10-14-17-11-6-4-5-7-12(11)22-14/h4-7H,2-3,8-10H2,1H3,(H,18,20,21). The number of hydrogen-bond acceptors (Lipinski definition) is 6. The summed E-state index contributed by atoms with van der Waals surface area (Å²) in [5, 5.41) is 13.5. The zero-order chi connectivity index (χ0) is 16.1. The molecule has 0 radical (unpaired) electrons. The molecule has 0 aliphatic heterocycles. The molecule has 0 saturated heterocycles. The number of aryl methyl sites for hydroxylation is 2. The second kappa shape index (κ2) is 7.61. The van der Waals surface area contributed by atoms with Crippen molar-refractivity contribution in [2.24, 2.45) is 0 Å². The molecule has 0 saturated carbocycles. The molecular formula is C16H18N4OS2. The van der Waals surface area contributed by atoms with E-state index in [1.165, 1.54) is 11.3 Å². The molecule has 3 aromatic rings. The van der Waals surface area contributed by atoms with Gasteiger partial charge in [-0.15, -0.1) is 21.5 Å². The summed E-state index contributed by atoms with van der Waals surface area (Å²) in [4.78, 5) is 16.6. The maximum atomic E-state index is 12.0. The van der Waals surface area contributed by atoms with Crippen molar-refractivity contribution in [1.82, 2.24) is 15.2 Å². The number of hydrogen-bond donors (Lipinski definition) is 1. The van der Waals surface area contributed by atoms with Gasteiger partial charge in [-0.2, -0.15) is 0 Å². The van der Waals surface area contributed by atoms with Crippen molar-refractivity contribution in [3.8, 4) is 0 Å². The first-order valence-corrected chi connectivity index (χ1v) is 9.34. The van der Waals surface area contributed by atoms with Gasteiger partial charge < -0.3 is 5.32 Å². The van der Waals surface area contributed by atoms with E-state index in [1.54, 1.807) is 11.3 Å². The van der Waals surface area contributed by atoms with E-state index in [1.807, 2.05) is 18.2 Å². The van der Waals surface area contributed by atoms with E-state index in [4.69, 9.17) is 0 Å². The predicted octanol–water partition coefficient (Wildman–Crippen LogP) is 4.06. The van der Waals surface area contributed by atoms with Gasteiger partial charge in [0.2, 0.25) is 11.0 Å². The topological polar surface area (TPSA) is 67.8 Å². The minimum atomic E-state index is -0.0394. The number of thiazole rings is 1. The van der Waals surface area contributed by atoms with Crippen molar-refractivity contribution in [1.29, 1.82) is 0 Å². The van der Waals surface area contributed by atoms with E-state index >= 15 is 0 Å². The van der Waals surface area contributed by atoms with Crippen LogP contribution in [-0.4, -0.2) is 21.1 Å². The molecule has 1 aromatic carbocycles. The molecule has 0 aliphatic carbocycles. The number of anilines is 1. The van der Waals surface area contributed by atoms with Crippen LogP contribution in [0.2, 0.25) is 0 Å². The number of carbonyl (C=O) groups excluding carboxylic acids is 1. The number of rotatable bonds is 7. The summed E-state index contributed by atoms with van der Waals surface area (Å²) in [5.74, 6) is -0.0394. The Hall–Kier alpha value is -1.86. The van der Waals surface area contributed by atoms with Gasteiger partial charge in [0.25, 0.3) is 0 Å². The van der Waals surface area contributed by atoms with Crippen molar-refractivity contribution < 1.29 is 4.79 Å². The van der Waals surface area contributed by atoms with E-state index in [9.17, 15) is 4.79 Å². The maximum Gasteiger partial charge on any atom is 0.226 e. The van der Waals surface area contributed by atoms with Crippen LogP contribution in [0.1, 0.15) is 36.2 Å². The third-order valence-electron chi connectivity index (χ3n) is 3.36. The zero-order valence-electron chi connectivity index (χ0n) is 12.9. The molecule has 0 atom stereocenters. The molecule has 0 unspecified atom stereocenters. The third kappa shape index (κ3) is 4.33. The van der Waals surface area contributed by atoms with Gasteiger partial charge in [0.05, 0.1) is 15.2 Å². The summed E-state index contributed by atoms with van der Waals surface area (Å²) >= 11 is 3.10. The van der Waals surface area contributed by atoms with Crippen molar-refractivity contribution >= 4 is 43.9 Å². The number of nitrogens with zero attached hydrogens (tertiary/aromatic N) is 3. The summed E-state index contributed by atoms with van der Waals surface area (Å²) in [5.41, 5.74) is 0.998. The van der Waals surface area contributed by atoms with Gasteiger partial charge in [-0.25, -0.2) is 4.98 Å². The first-order valence-electron chi connectivity index (χ1n) is 7.71. The molecule has 1 amide bonds. The Balaban J connectivity index is 1.52. The van der Waals surface area contributed by atoms with Gasteiger partial charge in [0, 0.05) is 19.3 Å². The molecule has 0 aliphatic rings. The molecular weight excluding hydrogens is 328 g/mol. The summed E-state index contributed by atoms with van der Waals surface area (Å²) in [6, 6.07) is 8.02. The third-order valence-corrected chi connectivity index (χ3v) is 5.36. The minimum absolute atomic E-state index is 0.0394. The Morgan fingerprint density at radius 2 is 2.00 bits per heavy atom. The van der Waals surface area contributed by atoms with Crippen LogP contribution in [0.3, 0.4) is 0 Å². The van der Waals surface area contributed by atoms with Crippen LogP contribution >= 0.6 is 22.7 Å². The lowest BCUT2D eigenvalue weighted by atomic mass is 10.3. The van der Waals surface area contributed by atoms with Crippen LogP contribution in [0.4, 0.5) is 5.13 Å². The largest absolute Gasteiger partial charge is 0.301 e. The monoisotopic (exact) mass is 346 g/mol. The molecule has 0 spiro atoms. The summed E-state index contributed by atoms with van der Waals surface area (Å²) in [7, 11) is 0. The quantitative estimate of drug-likeness (QED) is 0.700. The van der Waals surface area contributed by atoms with Crippen molar-refractivity contribution in [2.75, 3.05) is 5.32 Å². The minimum Gasteiger partial charge on any atom is -0.301 e. The Kier molecular flexibility index (Phi) is 5.30. The highest BCUT2D eigenvalue weighted by atomic mass is 32.1. The van der Waals surface area contributed by atoms with Crippen LogP contribution in [0.15, 0.2) is 24.3 Å². The van der Waals surface area contributed by atoms with Crippen LogP contribution in [0, 0.1) is 0 Å². The van der Waals surface area contributed by atoms with Crippen molar-refractivity contribution in [3.05, 3.63) is 34.3 Å². The molecule has 120 valence electrons. The lowest BCUT2D eigenvalue weighted by Crippen LogP contribution is -2.12. The Morgan fingerprint density at radius 3 is 2.83 bits per heavy atom. The fourth-order valence-corrected chi connectivity index (χ4v) is 3.93. The molecule has 2 heterocycles. The van der Waals surface area contributed by atoms with Gasteiger partial charge in [-0.1, -0.05) is 36.8 Å². The lowest BCUT2D eigenvalue weighted by molar-refractivity contribution is -0.116. The molecule has 23 heavy (non-hydrogen) atoms. The number of aromatic nitrogens is 3. The molecule has 0 fully saturated rings. The molecule has 3 rings (SSSR count). The molecule has 2 aromatic heterocycles. The number of unbranched alkanes of at least 4 members (excludes halogenated alkanes) is 1. The molecule has 5 nitrogen and oxygen atoms in total. The van der Waals surface area contributed by atoms with Gasteiger partial charge in [-0.3, -0.25) is 4.79 Å². The lowest BCUT2D eigenvalue weighted by Gasteiger charge is -1.98. The van der Waals surface area contributed by atoms with Gasteiger partial charge >= 0.3 is 0 Å². The first-order chi connectivity index (χ1) is 11.2. The van der Waals surface area contributed by atoms with E-state index in [-0.39, 0.29) is 5.91 Å². The molecule has 7 heteroatoms. The summed E-state index contributed by atoms with van der Waals surface area (Å²) in [6.07, 6.45) is 4.20.